The molecule has 0 spiro atoms. The minimum Gasteiger partial charge on any atom is -0.360 e. The molecule has 4 nitrogen and oxygen atoms in total. The summed E-state index contributed by atoms with van der Waals surface area (Å²) in [5.74, 6) is 0.472. The number of nitrogens with one attached hydrogen (secondary N) is 1. The molecule has 0 saturated heterocycles. The Bertz CT molecular complexity index is 475. The van der Waals surface area contributed by atoms with Crippen LogP contribution in [0.3, 0.4) is 0 Å². The fraction of sp³-hybridized carbons (Fsp3) is 0.545. The number of aromatic nitrogens is 3. The van der Waals surface area contributed by atoms with Crippen molar-refractivity contribution in [1.29, 1.82) is 0 Å². The van der Waals surface area contributed by atoms with Gasteiger partial charge in [0, 0.05) is 18.7 Å². The highest BCUT2D eigenvalue weighted by Gasteiger charge is 2.11. The van der Waals surface area contributed by atoms with Gasteiger partial charge in [0.1, 0.15) is 0 Å². The zero-order valence-corrected chi connectivity index (χ0v) is 11.9. The van der Waals surface area contributed by atoms with Gasteiger partial charge in [0.15, 0.2) is 5.01 Å². The van der Waals surface area contributed by atoms with Crippen molar-refractivity contribution in [2.45, 2.75) is 33.1 Å². The second-order valence-electron chi connectivity index (χ2n) is 4.06. The van der Waals surface area contributed by atoms with Crippen LogP contribution in [0.15, 0.2) is 6.20 Å². The lowest BCUT2D eigenvalue weighted by molar-refractivity contribution is 0.852. The van der Waals surface area contributed by atoms with Crippen LogP contribution in [0.1, 0.15) is 38.1 Å². The van der Waals surface area contributed by atoms with Gasteiger partial charge >= 0.3 is 0 Å². The molecule has 0 aliphatic rings. The van der Waals surface area contributed by atoms with Crippen LogP contribution in [0.5, 0.6) is 0 Å². The highest BCUT2D eigenvalue weighted by Crippen LogP contribution is 2.32. The summed E-state index contributed by atoms with van der Waals surface area (Å²) in [5.41, 5.74) is 0. The molecule has 0 atom stereocenters. The highest BCUT2D eigenvalue weighted by atomic mass is 32.1. The first-order valence-corrected chi connectivity index (χ1v) is 7.37. The predicted molar refractivity (Wildman–Crippen MR) is 73.9 cm³/mol. The third-order valence-electron chi connectivity index (χ3n) is 2.18. The van der Waals surface area contributed by atoms with E-state index >= 15 is 0 Å². The van der Waals surface area contributed by atoms with E-state index in [9.17, 15) is 0 Å². The monoisotopic (exact) mass is 268 g/mol. The van der Waals surface area contributed by atoms with E-state index in [1.807, 2.05) is 6.20 Å². The van der Waals surface area contributed by atoms with Gasteiger partial charge in [-0.05, 0) is 6.42 Å². The molecule has 0 aromatic carbocycles. The minimum absolute atomic E-state index is 0.472. The second kappa shape index (κ2) is 5.55. The van der Waals surface area contributed by atoms with E-state index in [4.69, 9.17) is 0 Å². The Balaban J connectivity index is 2.13. The molecule has 2 aromatic rings. The molecule has 0 bridgehead atoms. The van der Waals surface area contributed by atoms with E-state index in [0.717, 1.165) is 33.0 Å². The molecule has 92 valence electrons. The van der Waals surface area contributed by atoms with Gasteiger partial charge < -0.3 is 5.32 Å². The van der Waals surface area contributed by atoms with Crippen molar-refractivity contribution >= 4 is 27.8 Å². The molecule has 0 fully saturated rings. The molecule has 0 amide bonds. The number of thiazole rings is 1. The Hall–Kier alpha value is -1.01. The van der Waals surface area contributed by atoms with Crippen molar-refractivity contribution in [3.8, 4) is 9.88 Å². The Morgan fingerprint density at radius 2 is 2.12 bits per heavy atom. The largest absolute Gasteiger partial charge is 0.360 e. The topological polar surface area (TPSA) is 50.7 Å². The van der Waals surface area contributed by atoms with Gasteiger partial charge in [0.2, 0.25) is 5.13 Å². The van der Waals surface area contributed by atoms with Crippen LogP contribution in [-0.4, -0.2) is 21.7 Å². The van der Waals surface area contributed by atoms with E-state index in [1.54, 1.807) is 22.7 Å². The zero-order chi connectivity index (χ0) is 12.3. The molecule has 0 aliphatic carbocycles. The minimum atomic E-state index is 0.472. The summed E-state index contributed by atoms with van der Waals surface area (Å²) in [5, 5.41) is 14.5. The number of anilines is 1. The first-order chi connectivity index (χ1) is 8.20. The third kappa shape index (κ3) is 3.01. The maximum atomic E-state index is 4.40. The molecular formula is C11H16N4S2. The van der Waals surface area contributed by atoms with Crippen molar-refractivity contribution in [2.75, 3.05) is 11.9 Å². The van der Waals surface area contributed by atoms with Gasteiger partial charge in [-0.1, -0.05) is 32.1 Å². The van der Waals surface area contributed by atoms with Gasteiger partial charge in [-0.15, -0.1) is 21.5 Å². The number of rotatable bonds is 5. The normalized spacial score (nSPS) is 11.1. The molecule has 2 rings (SSSR count). The van der Waals surface area contributed by atoms with Crippen LogP contribution in [0, 0.1) is 0 Å². The number of nitrogens with zero attached hydrogens (tertiary/aromatic N) is 3. The van der Waals surface area contributed by atoms with E-state index in [-0.39, 0.29) is 0 Å². The third-order valence-corrected chi connectivity index (χ3v) is 4.53. The molecule has 0 saturated carbocycles. The van der Waals surface area contributed by atoms with Crippen molar-refractivity contribution in [3.63, 3.8) is 0 Å². The van der Waals surface area contributed by atoms with Crippen LogP contribution >= 0.6 is 22.7 Å². The Morgan fingerprint density at radius 1 is 1.29 bits per heavy atom. The maximum Gasteiger partial charge on any atom is 0.206 e. The molecule has 0 radical (unpaired) electrons. The molecule has 0 aliphatic heterocycles. The first-order valence-electron chi connectivity index (χ1n) is 5.74. The second-order valence-corrected chi connectivity index (χ2v) is 6.10. The standard InChI is InChI=1S/C11H16N4S2/c1-4-5-12-11-15-14-10(17-11)8-6-13-9(16-8)7(2)3/h6-7H,4-5H2,1-3H3,(H,12,15). The first kappa shape index (κ1) is 12.4. The van der Waals surface area contributed by atoms with Crippen LogP contribution in [0.2, 0.25) is 0 Å². The lowest BCUT2D eigenvalue weighted by Crippen LogP contribution is -1.98. The molecule has 2 heterocycles. The summed E-state index contributed by atoms with van der Waals surface area (Å²) >= 11 is 3.29. The van der Waals surface area contributed by atoms with Gasteiger partial charge in [-0.25, -0.2) is 4.98 Å². The van der Waals surface area contributed by atoms with E-state index in [1.165, 1.54) is 0 Å². The fourth-order valence-electron chi connectivity index (χ4n) is 1.28. The summed E-state index contributed by atoms with van der Waals surface area (Å²) in [6.45, 7) is 7.37. The average Bonchev–Trinajstić information content (AvgIpc) is 2.94. The van der Waals surface area contributed by atoms with Gasteiger partial charge in [-0.3, -0.25) is 0 Å². The maximum absolute atomic E-state index is 4.40. The summed E-state index contributed by atoms with van der Waals surface area (Å²) in [6.07, 6.45) is 2.98. The lowest BCUT2D eigenvalue weighted by atomic mass is 10.2. The Kier molecular flexibility index (Phi) is 4.06. The Labute approximate surface area is 109 Å². The smallest absolute Gasteiger partial charge is 0.206 e. The molecule has 17 heavy (non-hydrogen) atoms. The van der Waals surface area contributed by atoms with Crippen molar-refractivity contribution < 1.29 is 0 Å². The van der Waals surface area contributed by atoms with Gasteiger partial charge in [0.25, 0.3) is 0 Å². The van der Waals surface area contributed by atoms with Crippen molar-refractivity contribution in [3.05, 3.63) is 11.2 Å². The van der Waals surface area contributed by atoms with Gasteiger partial charge in [-0.2, -0.15) is 0 Å². The van der Waals surface area contributed by atoms with Crippen LogP contribution in [0.25, 0.3) is 9.88 Å². The predicted octanol–water partition coefficient (Wildman–Crippen LogP) is 3.61. The highest BCUT2D eigenvalue weighted by molar-refractivity contribution is 7.23. The molecule has 1 N–H and O–H groups in total. The van der Waals surface area contributed by atoms with Crippen molar-refractivity contribution in [2.24, 2.45) is 0 Å². The van der Waals surface area contributed by atoms with E-state index < -0.39 is 0 Å². The fourth-order valence-corrected chi connectivity index (χ4v) is 3.00. The average molecular weight is 268 g/mol. The molecule has 0 unspecified atom stereocenters. The molecular weight excluding hydrogens is 252 g/mol. The zero-order valence-electron chi connectivity index (χ0n) is 10.2. The van der Waals surface area contributed by atoms with Crippen LogP contribution < -0.4 is 5.32 Å². The number of hydrogen-bond donors (Lipinski definition) is 1. The lowest BCUT2D eigenvalue weighted by Gasteiger charge is -1.95. The van der Waals surface area contributed by atoms with Gasteiger partial charge in [0.05, 0.1) is 9.88 Å². The molecule has 6 heteroatoms. The number of hydrogen-bond acceptors (Lipinski definition) is 6. The van der Waals surface area contributed by atoms with E-state index in [0.29, 0.717) is 5.92 Å². The van der Waals surface area contributed by atoms with Crippen LogP contribution in [0.4, 0.5) is 5.13 Å². The molecule has 2 aromatic heterocycles. The SMILES string of the molecule is CCCNc1nnc(-c2cnc(C(C)C)s2)s1. The van der Waals surface area contributed by atoms with Crippen LogP contribution in [-0.2, 0) is 0 Å². The summed E-state index contributed by atoms with van der Waals surface area (Å²) in [6, 6.07) is 0. The Morgan fingerprint density at radius 3 is 2.76 bits per heavy atom. The van der Waals surface area contributed by atoms with Crippen molar-refractivity contribution in [1.82, 2.24) is 15.2 Å². The van der Waals surface area contributed by atoms with E-state index in [2.05, 4.69) is 41.3 Å². The summed E-state index contributed by atoms with van der Waals surface area (Å²) in [7, 11) is 0. The quantitative estimate of drug-likeness (QED) is 0.900. The summed E-state index contributed by atoms with van der Waals surface area (Å²) < 4.78 is 0. The summed E-state index contributed by atoms with van der Waals surface area (Å²) in [4.78, 5) is 5.51.